The number of anilines is 3. The van der Waals surface area contributed by atoms with Crippen LogP contribution in [0.4, 0.5) is 26.4 Å². The third-order valence-electron chi connectivity index (χ3n) is 6.22. The molecule has 2 aliphatic rings. The van der Waals surface area contributed by atoms with Crippen LogP contribution >= 0.6 is 0 Å². The van der Waals surface area contributed by atoms with Gasteiger partial charge in [-0.1, -0.05) is 0 Å². The van der Waals surface area contributed by atoms with Crippen molar-refractivity contribution >= 4 is 34.1 Å². The molecule has 34 heavy (non-hydrogen) atoms. The summed E-state index contributed by atoms with van der Waals surface area (Å²) in [5.41, 5.74) is 8.23. The van der Waals surface area contributed by atoms with Crippen LogP contribution in [0.3, 0.4) is 0 Å². The summed E-state index contributed by atoms with van der Waals surface area (Å²) in [7, 11) is 0. The van der Waals surface area contributed by atoms with Crippen LogP contribution in [-0.2, 0) is 4.74 Å². The molecule has 2 aromatic heterocycles. The fourth-order valence-electron chi connectivity index (χ4n) is 4.44. The smallest absolute Gasteiger partial charge is 0.413 e. The number of nitrogens with two attached hydrogens (primary N) is 1. The second-order valence-electron chi connectivity index (χ2n) is 8.16. The minimum atomic E-state index is -1.27. The Bertz CT molecular complexity index is 1360. The zero-order valence-corrected chi connectivity index (χ0v) is 18.2. The molecule has 0 saturated carbocycles. The Morgan fingerprint density at radius 3 is 2.91 bits per heavy atom. The van der Waals surface area contributed by atoms with E-state index in [0.29, 0.717) is 41.1 Å². The number of amides is 1. The Hall–Kier alpha value is -4.17. The highest BCUT2D eigenvalue weighted by atomic mass is 19.1. The number of fused-ring (bicyclic) bond motifs is 2. The summed E-state index contributed by atoms with van der Waals surface area (Å²) in [6, 6.07) is 4.50. The summed E-state index contributed by atoms with van der Waals surface area (Å²) in [5, 5.41) is 23.3. The van der Waals surface area contributed by atoms with Gasteiger partial charge in [-0.2, -0.15) is 5.26 Å². The van der Waals surface area contributed by atoms with Crippen molar-refractivity contribution in [2.45, 2.75) is 13.0 Å². The quantitative estimate of drug-likeness (QED) is 0.497. The van der Waals surface area contributed by atoms with Crippen molar-refractivity contribution in [3.63, 3.8) is 0 Å². The molecule has 4 N–H and O–H groups in total. The molecule has 1 fully saturated rings. The normalized spacial score (nSPS) is 19.1. The van der Waals surface area contributed by atoms with E-state index in [1.807, 2.05) is 6.92 Å². The molecule has 11 heteroatoms. The van der Waals surface area contributed by atoms with Crippen LogP contribution in [0.15, 0.2) is 24.5 Å². The van der Waals surface area contributed by atoms with Crippen LogP contribution in [0.25, 0.3) is 21.9 Å². The lowest BCUT2D eigenvalue weighted by molar-refractivity contribution is 0.182. The highest BCUT2D eigenvalue weighted by Crippen LogP contribution is 2.40. The van der Waals surface area contributed by atoms with Crippen LogP contribution in [0.5, 0.6) is 5.88 Å². The number of nitrogens with one attached hydrogen (secondary N) is 1. The van der Waals surface area contributed by atoms with Crippen LogP contribution in [0.1, 0.15) is 5.56 Å². The molecule has 3 aromatic rings. The summed E-state index contributed by atoms with van der Waals surface area (Å²) in [6.45, 7) is 3.16. The maximum atomic E-state index is 15.4. The van der Waals surface area contributed by atoms with E-state index < -0.39 is 23.9 Å². The van der Waals surface area contributed by atoms with Gasteiger partial charge in [0.1, 0.15) is 18.1 Å². The Morgan fingerprint density at radius 2 is 2.15 bits per heavy atom. The molecule has 10 nitrogen and oxygen atoms in total. The highest BCUT2D eigenvalue weighted by molar-refractivity contribution is 5.99. The monoisotopic (exact) mass is 464 g/mol. The van der Waals surface area contributed by atoms with Gasteiger partial charge in [0.25, 0.3) is 0 Å². The SMILES string of the molecule is Cc1c(-c2cc3cc(N(C(=O)O)[C@@H]4COC[C@H]4C#N)ncc3c(N)c2F)cnc2c1NCCO2. The Balaban J connectivity index is 1.65. The van der Waals surface area contributed by atoms with Gasteiger partial charge in [-0.3, -0.25) is 4.90 Å². The number of nitrogens with zero attached hydrogens (tertiary/aromatic N) is 4. The first kappa shape index (κ1) is 21.7. The van der Waals surface area contributed by atoms with Crippen LogP contribution in [0, 0.1) is 30.0 Å². The number of hydrogen-bond acceptors (Lipinski definition) is 8. The first-order valence-electron chi connectivity index (χ1n) is 10.6. The van der Waals surface area contributed by atoms with Gasteiger partial charge >= 0.3 is 6.09 Å². The van der Waals surface area contributed by atoms with Crippen molar-refractivity contribution in [3.05, 3.63) is 35.9 Å². The second-order valence-corrected chi connectivity index (χ2v) is 8.16. The molecule has 2 aliphatic heterocycles. The number of pyridine rings is 2. The summed E-state index contributed by atoms with van der Waals surface area (Å²) >= 11 is 0. The van der Waals surface area contributed by atoms with E-state index in [1.165, 1.54) is 18.5 Å². The van der Waals surface area contributed by atoms with Crippen LogP contribution < -0.4 is 20.7 Å². The number of nitriles is 1. The summed E-state index contributed by atoms with van der Waals surface area (Å²) < 4.78 is 26.2. The molecule has 174 valence electrons. The number of nitrogen functional groups attached to an aromatic ring is 1. The average molecular weight is 464 g/mol. The molecule has 0 bridgehead atoms. The molecule has 1 amide bonds. The van der Waals surface area contributed by atoms with Gasteiger partial charge in [-0.25, -0.2) is 19.2 Å². The number of carbonyl (C=O) groups is 1. The number of carboxylic acid groups (broad SMARTS) is 1. The molecule has 0 aliphatic carbocycles. The predicted molar refractivity (Wildman–Crippen MR) is 122 cm³/mol. The maximum Gasteiger partial charge on any atom is 0.413 e. The van der Waals surface area contributed by atoms with Gasteiger partial charge in [0.2, 0.25) is 5.88 Å². The fraction of sp³-hybridized carbons (Fsp3) is 0.304. The van der Waals surface area contributed by atoms with E-state index in [-0.39, 0.29) is 30.3 Å². The largest absolute Gasteiger partial charge is 0.474 e. The minimum Gasteiger partial charge on any atom is -0.474 e. The van der Waals surface area contributed by atoms with E-state index in [2.05, 4.69) is 21.4 Å². The second kappa shape index (κ2) is 8.31. The minimum absolute atomic E-state index is 0.0795. The lowest BCUT2D eigenvalue weighted by atomic mass is 9.97. The molecule has 0 unspecified atom stereocenters. The maximum absolute atomic E-state index is 15.4. The fourth-order valence-corrected chi connectivity index (χ4v) is 4.44. The Kier molecular flexibility index (Phi) is 5.30. The molecule has 4 heterocycles. The van der Waals surface area contributed by atoms with Crippen molar-refractivity contribution in [1.82, 2.24) is 9.97 Å². The molecular weight excluding hydrogens is 443 g/mol. The molecule has 5 rings (SSSR count). The standard InChI is InChI=1S/C23H21FN6O4/c1-11-15(7-29-22-21(11)27-2-3-34-22)14-4-12-5-18(28-8-16(12)20(26)19(14)24)30(23(31)32)17-10-33-9-13(17)6-25/h4-5,7-8,13,17,27H,2-3,9-10,26H2,1H3,(H,31,32)/t13-,17-/m1/s1. The molecular formula is C23H21FN6O4. The van der Waals surface area contributed by atoms with Crippen LogP contribution in [0.2, 0.25) is 0 Å². The van der Waals surface area contributed by atoms with Crippen molar-refractivity contribution in [1.29, 1.82) is 5.26 Å². The summed E-state index contributed by atoms with van der Waals surface area (Å²) in [6.07, 6.45) is 1.61. The number of rotatable bonds is 3. The van der Waals surface area contributed by atoms with Gasteiger partial charge in [0.05, 0.1) is 36.9 Å². The van der Waals surface area contributed by atoms with Crippen molar-refractivity contribution in [2.75, 3.05) is 42.3 Å². The number of benzene rings is 1. The first-order chi connectivity index (χ1) is 16.4. The van der Waals surface area contributed by atoms with Gasteiger partial charge in [-0.05, 0) is 30.0 Å². The topological polar surface area (TPSA) is 147 Å². The molecule has 1 saturated heterocycles. The highest BCUT2D eigenvalue weighted by Gasteiger charge is 2.37. The average Bonchev–Trinajstić information content (AvgIpc) is 3.30. The Morgan fingerprint density at radius 1 is 1.32 bits per heavy atom. The molecule has 0 spiro atoms. The third-order valence-corrected chi connectivity index (χ3v) is 6.22. The number of ether oxygens (including phenoxy) is 2. The van der Waals surface area contributed by atoms with Gasteiger partial charge in [0.15, 0.2) is 5.82 Å². The van der Waals surface area contributed by atoms with Gasteiger partial charge in [-0.15, -0.1) is 0 Å². The lowest BCUT2D eigenvalue weighted by Crippen LogP contribution is -2.44. The summed E-state index contributed by atoms with van der Waals surface area (Å²) in [5.74, 6) is -0.687. The van der Waals surface area contributed by atoms with E-state index in [1.54, 1.807) is 6.07 Å². The van der Waals surface area contributed by atoms with E-state index >= 15 is 4.39 Å². The zero-order chi connectivity index (χ0) is 24.0. The van der Waals surface area contributed by atoms with Crippen molar-refractivity contribution < 1.29 is 23.8 Å². The van der Waals surface area contributed by atoms with Gasteiger partial charge < -0.3 is 25.6 Å². The molecule has 2 atom stereocenters. The number of hydrogen-bond donors (Lipinski definition) is 3. The Labute approximate surface area is 193 Å². The van der Waals surface area contributed by atoms with Crippen molar-refractivity contribution in [2.24, 2.45) is 5.92 Å². The van der Waals surface area contributed by atoms with Crippen LogP contribution in [-0.4, -0.2) is 53.6 Å². The van der Waals surface area contributed by atoms with E-state index in [0.717, 1.165) is 10.5 Å². The molecule has 1 aromatic carbocycles. The lowest BCUT2D eigenvalue weighted by Gasteiger charge is -2.26. The zero-order valence-electron chi connectivity index (χ0n) is 18.2. The van der Waals surface area contributed by atoms with Crippen molar-refractivity contribution in [3.8, 4) is 23.1 Å². The third kappa shape index (κ3) is 3.39. The molecule has 0 radical (unpaired) electrons. The first-order valence-corrected chi connectivity index (χ1v) is 10.6. The van der Waals surface area contributed by atoms with E-state index in [9.17, 15) is 15.2 Å². The number of halogens is 1. The van der Waals surface area contributed by atoms with E-state index in [4.69, 9.17) is 15.2 Å². The summed E-state index contributed by atoms with van der Waals surface area (Å²) in [4.78, 5) is 21.6. The number of aromatic nitrogens is 2. The predicted octanol–water partition coefficient (Wildman–Crippen LogP) is 3.15. The van der Waals surface area contributed by atoms with Gasteiger partial charge in [0, 0.05) is 35.5 Å².